The molecule has 0 saturated heterocycles. The number of carbonyl (C=O) groups is 1. The molecule has 0 aliphatic heterocycles. The van der Waals surface area contributed by atoms with Gasteiger partial charge in [0.15, 0.2) is 5.13 Å². The Morgan fingerprint density at radius 3 is 2.41 bits per heavy atom. The topological polar surface area (TPSA) is 88.0 Å². The van der Waals surface area contributed by atoms with Crippen molar-refractivity contribution in [2.24, 2.45) is 0 Å². The third-order valence-electron chi connectivity index (χ3n) is 5.39. The van der Waals surface area contributed by atoms with Crippen molar-refractivity contribution in [3.05, 3.63) is 76.9 Å². The van der Waals surface area contributed by atoms with E-state index in [1.807, 2.05) is 42.5 Å². The van der Waals surface area contributed by atoms with Crippen LogP contribution in [0, 0.1) is 0 Å². The number of aromatic nitrogens is 3. The Labute approximate surface area is 196 Å². The molecule has 1 fully saturated rings. The first-order valence-electron chi connectivity index (χ1n) is 10.4. The highest BCUT2D eigenvalue weighted by Crippen LogP contribution is 2.48. The van der Waals surface area contributed by atoms with E-state index >= 15 is 0 Å². The van der Waals surface area contributed by atoms with Gasteiger partial charge < -0.3 is 10.4 Å². The molecule has 4 aromatic rings. The summed E-state index contributed by atoms with van der Waals surface area (Å²) >= 11 is 1.36. The maximum atomic E-state index is 13.0. The molecule has 10 heteroatoms. The van der Waals surface area contributed by atoms with Crippen molar-refractivity contribution in [1.82, 2.24) is 15.0 Å². The van der Waals surface area contributed by atoms with Crippen molar-refractivity contribution < 1.29 is 23.1 Å². The first kappa shape index (κ1) is 22.0. The van der Waals surface area contributed by atoms with E-state index in [4.69, 9.17) is 0 Å². The fraction of sp³-hybridized carbons (Fsp3) is 0.167. The molecule has 172 valence electrons. The van der Waals surface area contributed by atoms with E-state index in [1.54, 1.807) is 6.20 Å². The van der Waals surface area contributed by atoms with E-state index in [1.165, 1.54) is 11.3 Å². The number of aromatic carboxylic acids is 1. The Bertz CT molecular complexity index is 1350. The number of carboxylic acid groups (broad SMARTS) is 1. The minimum Gasteiger partial charge on any atom is -0.478 e. The van der Waals surface area contributed by atoms with Crippen LogP contribution in [-0.4, -0.2) is 26.0 Å². The predicted octanol–water partition coefficient (Wildman–Crippen LogP) is 6.61. The Kier molecular flexibility index (Phi) is 5.52. The van der Waals surface area contributed by atoms with Crippen LogP contribution in [0.5, 0.6) is 0 Å². The van der Waals surface area contributed by atoms with Crippen molar-refractivity contribution in [3.63, 3.8) is 0 Å². The van der Waals surface area contributed by atoms with Crippen LogP contribution in [0.15, 0.2) is 60.9 Å². The molecule has 0 spiro atoms. The van der Waals surface area contributed by atoms with Gasteiger partial charge in [-0.1, -0.05) is 30.3 Å². The van der Waals surface area contributed by atoms with Crippen LogP contribution >= 0.6 is 11.3 Å². The summed E-state index contributed by atoms with van der Waals surface area (Å²) < 4.78 is 39.0. The van der Waals surface area contributed by atoms with Crippen molar-refractivity contribution in [1.29, 1.82) is 0 Å². The summed E-state index contributed by atoms with van der Waals surface area (Å²) in [5.41, 5.74) is 1.79. The largest absolute Gasteiger partial charge is 0.478 e. The van der Waals surface area contributed by atoms with Gasteiger partial charge in [-0.05, 0) is 37.0 Å². The van der Waals surface area contributed by atoms with Crippen molar-refractivity contribution in [2.75, 3.05) is 5.32 Å². The van der Waals surface area contributed by atoms with Gasteiger partial charge >= 0.3 is 12.1 Å². The zero-order chi connectivity index (χ0) is 23.9. The number of alkyl halides is 3. The zero-order valence-electron chi connectivity index (χ0n) is 17.5. The number of rotatable bonds is 6. The van der Waals surface area contributed by atoms with Crippen LogP contribution in [0.4, 0.5) is 24.1 Å². The zero-order valence-corrected chi connectivity index (χ0v) is 18.3. The molecule has 0 amide bonds. The number of thiazole rings is 1. The van der Waals surface area contributed by atoms with Gasteiger partial charge in [-0.2, -0.15) is 13.2 Å². The Hall–Kier alpha value is -3.79. The maximum absolute atomic E-state index is 13.0. The van der Waals surface area contributed by atoms with E-state index in [2.05, 4.69) is 20.3 Å². The Morgan fingerprint density at radius 1 is 1.06 bits per heavy atom. The average Bonchev–Trinajstić information content (AvgIpc) is 3.59. The predicted molar refractivity (Wildman–Crippen MR) is 122 cm³/mol. The van der Waals surface area contributed by atoms with Gasteiger partial charge in [-0.15, -0.1) is 11.3 Å². The molecule has 3 heterocycles. The quantitative estimate of drug-likeness (QED) is 0.322. The van der Waals surface area contributed by atoms with Crippen molar-refractivity contribution in [2.45, 2.75) is 24.9 Å². The third-order valence-corrected chi connectivity index (χ3v) is 6.52. The van der Waals surface area contributed by atoms with Crippen LogP contribution < -0.4 is 5.32 Å². The number of nitrogens with one attached hydrogen (secondary N) is 1. The van der Waals surface area contributed by atoms with Gasteiger partial charge in [0.2, 0.25) is 0 Å². The number of hydrogen-bond donors (Lipinski definition) is 2. The highest BCUT2D eigenvalue weighted by atomic mass is 32.1. The minimum atomic E-state index is -4.69. The third kappa shape index (κ3) is 4.49. The number of benzene rings is 1. The number of halogens is 3. The fourth-order valence-electron chi connectivity index (χ4n) is 3.53. The van der Waals surface area contributed by atoms with Gasteiger partial charge in [0.25, 0.3) is 0 Å². The fourth-order valence-corrected chi connectivity index (χ4v) is 4.69. The second-order valence-electron chi connectivity index (χ2n) is 7.85. The highest BCUT2D eigenvalue weighted by Gasteiger charge is 2.33. The first-order chi connectivity index (χ1) is 16.3. The number of anilines is 2. The van der Waals surface area contributed by atoms with E-state index in [0.717, 1.165) is 40.2 Å². The molecule has 1 saturated carbocycles. The molecule has 3 aromatic heterocycles. The number of carboxylic acids is 1. The van der Waals surface area contributed by atoms with Gasteiger partial charge in [-0.25, -0.2) is 14.8 Å². The second kappa shape index (κ2) is 8.53. The maximum Gasteiger partial charge on any atom is 0.417 e. The molecule has 5 rings (SSSR count). The van der Waals surface area contributed by atoms with Gasteiger partial charge in [-0.3, -0.25) is 4.98 Å². The summed E-state index contributed by atoms with van der Waals surface area (Å²) in [7, 11) is 0. The van der Waals surface area contributed by atoms with Crippen LogP contribution in [-0.2, 0) is 6.18 Å². The first-order valence-corrected chi connectivity index (χ1v) is 11.2. The van der Waals surface area contributed by atoms with E-state index in [0.29, 0.717) is 23.3 Å². The lowest BCUT2D eigenvalue weighted by molar-refractivity contribution is -0.137. The second-order valence-corrected chi connectivity index (χ2v) is 8.88. The molecular formula is C24H17F3N4O2S. The highest BCUT2D eigenvalue weighted by molar-refractivity contribution is 7.16. The molecule has 0 bridgehead atoms. The molecular weight excluding hydrogens is 465 g/mol. The normalized spacial score (nSPS) is 13.6. The standard InChI is InChI=1S/C24H17F3N4O2S/c25-24(26,27)16-11-17(22(32)33)21(29-12-16)31-23-30-19(20(34-23)15-8-9-15)14-6-4-13(5-7-14)18-3-1-2-10-28-18/h1-7,10-12,15H,8-9H2,(H,32,33)(H,29,30,31). The van der Waals surface area contributed by atoms with E-state index in [-0.39, 0.29) is 5.82 Å². The molecule has 6 nitrogen and oxygen atoms in total. The number of hydrogen-bond acceptors (Lipinski definition) is 6. The monoisotopic (exact) mass is 482 g/mol. The summed E-state index contributed by atoms with van der Waals surface area (Å²) in [6.45, 7) is 0. The lowest BCUT2D eigenvalue weighted by atomic mass is 10.1. The lowest BCUT2D eigenvalue weighted by Gasteiger charge is -2.10. The molecule has 0 atom stereocenters. The van der Waals surface area contributed by atoms with Gasteiger partial charge in [0.1, 0.15) is 11.4 Å². The lowest BCUT2D eigenvalue weighted by Crippen LogP contribution is -2.11. The molecule has 1 aromatic carbocycles. The molecule has 2 N–H and O–H groups in total. The van der Waals surface area contributed by atoms with Crippen molar-refractivity contribution in [3.8, 4) is 22.5 Å². The molecule has 1 aliphatic carbocycles. The summed E-state index contributed by atoms with van der Waals surface area (Å²) in [5, 5.41) is 12.6. The molecule has 0 unspecified atom stereocenters. The summed E-state index contributed by atoms with van der Waals surface area (Å²) in [5.74, 6) is -1.34. The summed E-state index contributed by atoms with van der Waals surface area (Å²) in [6, 6.07) is 14.1. The van der Waals surface area contributed by atoms with E-state index < -0.39 is 23.3 Å². The molecule has 1 aliphatic rings. The number of nitrogens with zero attached hydrogens (tertiary/aromatic N) is 3. The minimum absolute atomic E-state index is 0.186. The Morgan fingerprint density at radius 2 is 1.79 bits per heavy atom. The van der Waals surface area contributed by atoms with Crippen LogP contribution in [0.25, 0.3) is 22.5 Å². The van der Waals surface area contributed by atoms with E-state index in [9.17, 15) is 23.1 Å². The number of pyridine rings is 2. The Balaban J connectivity index is 1.47. The van der Waals surface area contributed by atoms with Crippen LogP contribution in [0.2, 0.25) is 0 Å². The average molecular weight is 482 g/mol. The molecule has 0 radical (unpaired) electrons. The summed E-state index contributed by atoms with van der Waals surface area (Å²) in [6.07, 6.45) is -0.293. The van der Waals surface area contributed by atoms with Gasteiger partial charge in [0, 0.05) is 28.4 Å². The van der Waals surface area contributed by atoms with Crippen LogP contribution in [0.3, 0.4) is 0 Å². The summed E-state index contributed by atoms with van der Waals surface area (Å²) in [4.78, 5) is 25.4. The van der Waals surface area contributed by atoms with Crippen molar-refractivity contribution >= 4 is 28.3 Å². The molecule has 34 heavy (non-hydrogen) atoms. The smallest absolute Gasteiger partial charge is 0.417 e. The van der Waals surface area contributed by atoms with Crippen LogP contribution in [0.1, 0.15) is 39.6 Å². The SMILES string of the molecule is O=C(O)c1cc(C(F)(F)F)cnc1Nc1nc(-c2ccc(-c3ccccn3)cc2)c(C2CC2)s1. The van der Waals surface area contributed by atoms with Gasteiger partial charge in [0.05, 0.1) is 17.0 Å².